The predicted molar refractivity (Wildman–Crippen MR) is 94.2 cm³/mol. The lowest BCUT2D eigenvalue weighted by molar-refractivity contribution is 0.246. The highest BCUT2D eigenvalue weighted by molar-refractivity contribution is 5.88. The zero-order chi connectivity index (χ0) is 17.3. The number of hydrogen-bond acceptors (Lipinski definition) is 4. The smallest absolute Gasteiger partial charge is 0.320 e. The fourth-order valence-corrected chi connectivity index (χ4v) is 3.79. The van der Waals surface area contributed by atoms with E-state index in [1.807, 2.05) is 18.2 Å². The monoisotopic (exact) mass is 340 g/mol. The number of carbonyl (C=O) groups is 1. The Hall–Kier alpha value is -2.37. The molecule has 6 heteroatoms. The molecule has 0 bridgehead atoms. The van der Waals surface area contributed by atoms with Crippen LogP contribution in [-0.2, 0) is 5.41 Å². The second-order valence-corrected chi connectivity index (χ2v) is 7.54. The normalized spacial score (nSPS) is 20.2. The average Bonchev–Trinajstić information content (AvgIpc) is 3.18. The lowest BCUT2D eigenvalue weighted by Crippen LogP contribution is -2.33. The Labute approximate surface area is 147 Å². The Morgan fingerprint density at radius 1 is 1.28 bits per heavy atom. The van der Waals surface area contributed by atoms with E-state index < -0.39 is 0 Å². The number of urea groups is 1. The summed E-state index contributed by atoms with van der Waals surface area (Å²) in [6, 6.07) is 5.55. The van der Waals surface area contributed by atoms with Crippen molar-refractivity contribution in [1.29, 1.82) is 0 Å². The summed E-state index contributed by atoms with van der Waals surface area (Å²) < 4.78 is 5.50. The fourth-order valence-electron chi connectivity index (χ4n) is 3.79. The minimum Gasteiger partial charge on any atom is -0.359 e. The van der Waals surface area contributed by atoms with Gasteiger partial charge in [-0.25, -0.2) is 4.79 Å². The molecule has 0 spiro atoms. The third kappa shape index (κ3) is 3.52. The van der Waals surface area contributed by atoms with Crippen molar-refractivity contribution in [1.82, 2.24) is 15.5 Å². The molecular formula is C19H24N4O2. The van der Waals surface area contributed by atoms with Gasteiger partial charge < -0.3 is 9.84 Å². The molecule has 2 saturated carbocycles. The molecular weight excluding hydrogens is 316 g/mol. The Kier molecular flexibility index (Phi) is 4.19. The molecule has 2 N–H and O–H groups in total. The lowest BCUT2D eigenvalue weighted by Gasteiger charge is -2.19. The molecule has 2 aliphatic carbocycles. The number of amides is 2. The summed E-state index contributed by atoms with van der Waals surface area (Å²) >= 11 is 0. The van der Waals surface area contributed by atoms with Gasteiger partial charge in [0.15, 0.2) is 5.82 Å². The molecule has 2 fully saturated rings. The maximum atomic E-state index is 12.4. The van der Waals surface area contributed by atoms with Gasteiger partial charge in [-0.1, -0.05) is 24.9 Å². The van der Waals surface area contributed by atoms with Crippen LogP contribution in [0.15, 0.2) is 35.1 Å². The highest BCUT2D eigenvalue weighted by atomic mass is 16.5. The molecule has 1 atom stereocenters. The molecule has 2 aromatic rings. The molecule has 0 saturated heterocycles. The van der Waals surface area contributed by atoms with Crippen molar-refractivity contribution < 1.29 is 9.32 Å². The summed E-state index contributed by atoms with van der Waals surface area (Å²) in [5.41, 5.74) is 1.14. The van der Waals surface area contributed by atoms with Crippen molar-refractivity contribution in [3.63, 3.8) is 0 Å². The first kappa shape index (κ1) is 16.1. The maximum Gasteiger partial charge on any atom is 0.320 e. The van der Waals surface area contributed by atoms with Crippen LogP contribution < -0.4 is 10.6 Å². The topological polar surface area (TPSA) is 80.0 Å². The van der Waals surface area contributed by atoms with Crippen LogP contribution in [0.1, 0.15) is 62.8 Å². The molecule has 2 amide bonds. The Bertz CT molecular complexity index is 733. The van der Waals surface area contributed by atoms with Crippen molar-refractivity contribution in [2.45, 2.75) is 56.9 Å². The number of rotatable bonds is 5. The number of pyridine rings is 1. The van der Waals surface area contributed by atoms with E-state index in [1.165, 1.54) is 12.8 Å². The standard InChI is InChI=1S/C19H24N4O2/c1-19(8-2-3-9-19)15-12-16(23-25-15)21-18(24)22-17(13-4-5-13)14-6-10-20-11-7-14/h6-7,10-13,17H,2-5,8-9H2,1H3,(H2,21,22,23,24). The van der Waals surface area contributed by atoms with Crippen molar-refractivity contribution >= 4 is 11.8 Å². The van der Waals surface area contributed by atoms with Gasteiger partial charge in [0.2, 0.25) is 0 Å². The summed E-state index contributed by atoms with van der Waals surface area (Å²) in [6.45, 7) is 2.21. The van der Waals surface area contributed by atoms with E-state index in [4.69, 9.17) is 4.52 Å². The molecule has 2 aromatic heterocycles. The number of hydrogen-bond donors (Lipinski definition) is 2. The zero-order valence-electron chi connectivity index (χ0n) is 14.5. The molecule has 6 nitrogen and oxygen atoms in total. The van der Waals surface area contributed by atoms with Gasteiger partial charge in [-0.15, -0.1) is 0 Å². The summed E-state index contributed by atoms with van der Waals surface area (Å²) in [5, 5.41) is 9.92. The summed E-state index contributed by atoms with van der Waals surface area (Å²) in [4.78, 5) is 16.5. The molecule has 2 heterocycles. The number of nitrogens with zero attached hydrogens (tertiary/aromatic N) is 2. The second kappa shape index (κ2) is 6.50. The number of nitrogens with one attached hydrogen (secondary N) is 2. The van der Waals surface area contributed by atoms with E-state index in [2.05, 4.69) is 27.7 Å². The Morgan fingerprint density at radius 2 is 2.00 bits per heavy atom. The molecule has 0 aromatic carbocycles. The fraction of sp³-hybridized carbons (Fsp3) is 0.526. The first-order chi connectivity index (χ1) is 12.1. The van der Waals surface area contributed by atoms with E-state index in [9.17, 15) is 4.79 Å². The SMILES string of the molecule is CC1(c2cc(NC(=O)NC(c3ccncc3)C3CC3)no2)CCCC1. The Morgan fingerprint density at radius 3 is 2.68 bits per heavy atom. The number of carbonyl (C=O) groups excluding carboxylic acids is 1. The van der Waals surface area contributed by atoms with Crippen LogP contribution >= 0.6 is 0 Å². The van der Waals surface area contributed by atoms with Crippen LogP contribution in [0.4, 0.5) is 10.6 Å². The largest absolute Gasteiger partial charge is 0.359 e. The third-order valence-electron chi connectivity index (χ3n) is 5.50. The molecule has 0 radical (unpaired) electrons. The highest BCUT2D eigenvalue weighted by Gasteiger charge is 2.35. The molecule has 1 unspecified atom stereocenters. The van der Waals surface area contributed by atoms with Crippen LogP contribution in [0, 0.1) is 5.92 Å². The lowest BCUT2D eigenvalue weighted by atomic mass is 9.86. The van der Waals surface area contributed by atoms with Crippen LogP contribution in [0.25, 0.3) is 0 Å². The van der Waals surface area contributed by atoms with E-state index >= 15 is 0 Å². The average molecular weight is 340 g/mol. The minimum absolute atomic E-state index is 0.0155. The summed E-state index contributed by atoms with van der Waals surface area (Å²) in [6.07, 6.45) is 10.5. The molecule has 132 valence electrons. The predicted octanol–water partition coefficient (Wildman–Crippen LogP) is 4.17. The van der Waals surface area contributed by atoms with E-state index in [0.29, 0.717) is 11.7 Å². The van der Waals surface area contributed by atoms with Gasteiger partial charge in [-0.05, 0) is 49.3 Å². The molecule has 0 aliphatic heterocycles. The highest BCUT2D eigenvalue weighted by Crippen LogP contribution is 2.42. The second-order valence-electron chi connectivity index (χ2n) is 7.54. The minimum atomic E-state index is -0.245. The van der Waals surface area contributed by atoms with Crippen LogP contribution in [0.2, 0.25) is 0 Å². The van der Waals surface area contributed by atoms with Gasteiger partial charge in [-0.2, -0.15) is 0 Å². The van der Waals surface area contributed by atoms with Gasteiger partial charge in [0.25, 0.3) is 0 Å². The van der Waals surface area contributed by atoms with Gasteiger partial charge in [0, 0.05) is 23.9 Å². The van der Waals surface area contributed by atoms with Gasteiger partial charge in [0.05, 0.1) is 6.04 Å². The van der Waals surface area contributed by atoms with E-state index in [-0.39, 0.29) is 17.5 Å². The van der Waals surface area contributed by atoms with Crippen LogP contribution in [0.3, 0.4) is 0 Å². The van der Waals surface area contributed by atoms with Crippen LogP contribution in [0.5, 0.6) is 0 Å². The van der Waals surface area contributed by atoms with E-state index in [1.54, 1.807) is 12.4 Å². The third-order valence-corrected chi connectivity index (χ3v) is 5.50. The molecule has 25 heavy (non-hydrogen) atoms. The Balaban J connectivity index is 1.41. The van der Waals surface area contributed by atoms with Gasteiger partial charge >= 0.3 is 6.03 Å². The van der Waals surface area contributed by atoms with Gasteiger partial charge in [0.1, 0.15) is 5.76 Å². The molecule has 4 rings (SSSR count). The van der Waals surface area contributed by atoms with Gasteiger partial charge in [-0.3, -0.25) is 10.3 Å². The van der Waals surface area contributed by atoms with Crippen molar-refractivity contribution in [3.8, 4) is 0 Å². The molecule has 2 aliphatic rings. The van der Waals surface area contributed by atoms with Crippen molar-refractivity contribution in [2.24, 2.45) is 5.92 Å². The first-order valence-electron chi connectivity index (χ1n) is 9.09. The summed E-state index contributed by atoms with van der Waals surface area (Å²) in [7, 11) is 0. The summed E-state index contributed by atoms with van der Waals surface area (Å²) in [5.74, 6) is 1.84. The first-order valence-corrected chi connectivity index (χ1v) is 9.09. The zero-order valence-corrected chi connectivity index (χ0v) is 14.5. The van der Waals surface area contributed by atoms with E-state index in [0.717, 1.165) is 37.0 Å². The van der Waals surface area contributed by atoms with Crippen LogP contribution in [-0.4, -0.2) is 16.2 Å². The maximum absolute atomic E-state index is 12.4. The van der Waals surface area contributed by atoms with Crippen molar-refractivity contribution in [3.05, 3.63) is 41.9 Å². The number of anilines is 1. The number of aromatic nitrogens is 2. The van der Waals surface area contributed by atoms with Crippen molar-refractivity contribution in [2.75, 3.05) is 5.32 Å². The quantitative estimate of drug-likeness (QED) is 0.856.